The molecule has 0 radical (unpaired) electrons. The van der Waals surface area contributed by atoms with Crippen LogP contribution in [0.15, 0.2) is 24.3 Å². The van der Waals surface area contributed by atoms with E-state index in [1.54, 1.807) is 0 Å². The number of hydrogen-bond donors (Lipinski definition) is 0. The second-order valence-corrected chi connectivity index (χ2v) is 6.71. The molecule has 0 aliphatic rings. The topological polar surface area (TPSA) is 17.1 Å². The molecule has 0 fully saturated rings. The van der Waals surface area contributed by atoms with Crippen molar-refractivity contribution in [2.45, 2.75) is 91.4 Å². The minimum atomic E-state index is 0.268. The standard InChI is InChI=1S/C21H38O/c1-4-5-6-7-8-9-10-11-12-13-14-15-16-17-18-21(19-22)20(2)3/h8-9,11-12,19-21H,4-7,10,13-18H2,1-3H3/b9-8-,12-11-. The smallest absolute Gasteiger partial charge is 0.123 e. The van der Waals surface area contributed by atoms with Crippen LogP contribution in [0.3, 0.4) is 0 Å². The van der Waals surface area contributed by atoms with Crippen LogP contribution in [0.4, 0.5) is 0 Å². The van der Waals surface area contributed by atoms with E-state index in [9.17, 15) is 4.79 Å². The van der Waals surface area contributed by atoms with E-state index in [2.05, 4.69) is 45.1 Å². The number of hydrogen-bond acceptors (Lipinski definition) is 1. The summed E-state index contributed by atoms with van der Waals surface area (Å²) < 4.78 is 0. The lowest BCUT2D eigenvalue weighted by Gasteiger charge is -2.13. The van der Waals surface area contributed by atoms with E-state index in [1.165, 1.54) is 57.8 Å². The van der Waals surface area contributed by atoms with Gasteiger partial charge in [-0.05, 0) is 44.4 Å². The Labute approximate surface area is 139 Å². The van der Waals surface area contributed by atoms with Gasteiger partial charge in [0, 0.05) is 5.92 Å². The summed E-state index contributed by atoms with van der Waals surface area (Å²) in [6, 6.07) is 0. The van der Waals surface area contributed by atoms with E-state index in [1.807, 2.05) is 0 Å². The predicted octanol–water partition coefficient (Wildman–Crippen LogP) is 6.88. The van der Waals surface area contributed by atoms with Crippen molar-refractivity contribution in [2.75, 3.05) is 0 Å². The molecular formula is C21H38O. The van der Waals surface area contributed by atoms with Gasteiger partial charge in [-0.3, -0.25) is 0 Å². The summed E-state index contributed by atoms with van der Waals surface area (Å²) in [5.74, 6) is 0.763. The van der Waals surface area contributed by atoms with E-state index in [-0.39, 0.29) is 5.92 Å². The third-order valence-corrected chi connectivity index (χ3v) is 4.27. The molecule has 1 unspecified atom stereocenters. The zero-order chi connectivity index (χ0) is 16.5. The fourth-order valence-corrected chi connectivity index (χ4v) is 2.57. The second-order valence-electron chi connectivity index (χ2n) is 6.71. The number of rotatable bonds is 15. The molecule has 0 aliphatic carbocycles. The van der Waals surface area contributed by atoms with Crippen LogP contribution in [0, 0.1) is 11.8 Å². The molecule has 0 aromatic carbocycles. The Hall–Kier alpha value is -0.850. The van der Waals surface area contributed by atoms with Crippen LogP contribution < -0.4 is 0 Å². The second kappa shape index (κ2) is 16.5. The van der Waals surface area contributed by atoms with Gasteiger partial charge in [0.25, 0.3) is 0 Å². The largest absolute Gasteiger partial charge is 0.303 e. The van der Waals surface area contributed by atoms with Crippen molar-refractivity contribution in [1.29, 1.82) is 0 Å². The van der Waals surface area contributed by atoms with Crippen molar-refractivity contribution in [1.82, 2.24) is 0 Å². The van der Waals surface area contributed by atoms with Gasteiger partial charge in [-0.25, -0.2) is 0 Å². The average molecular weight is 307 g/mol. The molecular weight excluding hydrogens is 268 g/mol. The first-order chi connectivity index (χ1) is 10.7. The lowest BCUT2D eigenvalue weighted by molar-refractivity contribution is -0.112. The first kappa shape index (κ1) is 21.1. The van der Waals surface area contributed by atoms with Crippen LogP contribution in [0.1, 0.15) is 91.4 Å². The summed E-state index contributed by atoms with van der Waals surface area (Å²) in [5, 5.41) is 0. The van der Waals surface area contributed by atoms with E-state index >= 15 is 0 Å². The van der Waals surface area contributed by atoms with Crippen LogP contribution >= 0.6 is 0 Å². The third-order valence-electron chi connectivity index (χ3n) is 4.27. The van der Waals surface area contributed by atoms with Gasteiger partial charge in [-0.1, -0.05) is 77.2 Å². The number of allylic oxidation sites excluding steroid dienone is 4. The van der Waals surface area contributed by atoms with Gasteiger partial charge in [-0.2, -0.15) is 0 Å². The van der Waals surface area contributed by atoms with E-state index < -0.39 is 0 Å². The molecule has 1 atom stereocenters. The molecule has 0 saturated carbocycles. The molecule has 0 bridgehead atoms. The maximum absolute atomic E-state index is 10.9. The van der Waals surface area contributed by atoms with Gasteiger partial charge in [0.2, 0.25) is 0 Å². The fraction of sp³-hybridized carbons (Fsp3) is 0.762. The maximum Gasteiger partial charge on any atom is 0.123 e. The Balaban J connectivity index is 3.35. The van der Waals surface area contributed by atoms with E-state index in [4.69, 9.17) is 0 Å². The SMILES string of the molecule is CCCCC/C=C\C/C=C\CCCCCCC(C=O)C(C)C. The van der Waals surface area contributed by atoms with Crippen molar-refractivity contribution < 1.29 is 4.79 Å². The summed E-state index contributed by atoms with van der Waals surface area (Å²) in [5.41, 5.74) is 0. The molecule has 128 valence electrons. The zero-order valence-corrected chi connectivity index (χ0v) is 15.2. The van der Waals surface area contributed by atoms with Crippen molar-refractivity contribution in [3.05, 3.63) is 24.3 Å². The molecule has 1 heteroatoms. The molecule has 0 N–H and O–H groups in total. The number of aldehydes is 1. The monoisotopic (exact) mass is 306 g/mol. The molecule has 0 spiro atoms. The van der Waals surface area contributed by atoms with Crippen molar-refractivity contribution >= 4 is 6.29 Å². The molecule has 0 heterocycles. The number of carbonyl (C=O) groups excluding carboxylic acids is 1. The molecule has 22 heavy (non-hydrogen) atoms. The molecule has 0 saturated heterocycles. The summed E-state index contributed by atoms with van der Waals surface area (Å²) in [6.07, 6.45) is 24.0. The Morgan fingerprint density at radius 1 is 0.773 bits per heavy atom. The van der Waals surface area contributed by atoms with Crippen molar-refractivity contribution in [2.24, 2.45) is 11.8 Å². The Bertz CT molecular complexity index is 288. The number of carbonyl (C=O) groups is 1. The van der Waals surface area contributed by atoms with Crippen molar-refractivity contribution in [3.63, 3.8) is 0 Å². The molecule has 0 aromatic rings. The van der Waals surface area contributed by atoms with Crippen LogP contribution in [0.5, 0.6) is 0 Å². The van der Waals surface area contributed by atoms with Crippen LogP contribution in [0.25, 0.3) is 0 Å². The van der Waals surface area contributed by atoms with Gasteiger partial charge in [0.05, 0.1) is 0 Å². The highest BCUT2D eigenvalue weighted by molar-refractivity contribution is 5.53. The Kier molecular flexibility index (Phi) is 15.9. The molecule has 0 aromatic heterocycles. The van der Waals surface area contributed by atoms with Gasteiger partial charge in [-0.15, -0.1) is 0 Å². The highest BCUT2D eigenvalue weighted by Crippen LogP contribution is 2.17. The lowest BCUT2D eigenvalue weighted by atomic mass is 9.91. The minimum Gasteiger partial charge on any atom is -0.303 e. The first-order valence-electron chi connectivity index (χ1n) is 9.47. The third kappa shape index (κ3) is 14.1. The van der Waals surface area contributed by atoms with Gasteiger partial charge >= 0.3 is 0 Å². The van der Waals surface area contributed by atoms with Gasteiger partial charge in [0.15, 0.2) is 0 Å². The summed E-state index contributed by atoms with van der Waals surface area (Å²) in [6.45, 7) is 6.53. The summed E-state index contributed by atoms with van der Waals surface area (Å²) >= 11 is 0. The molecule has 0 rings (SSSR count). The predicted molar refractivity (Wildman–Crippen MR) is 99.1 cm³/mol. The highest BCUT2D eigenvalue weighted by atomic mass is 16.1. The minimum absolute atomic E-state index is 0.268. The molecule has 1 nitrogen and oxygen atoms in total. The Morgan fingerprint density at radius 3 is 1.91 bits per heavy atom. The summed E-state index contributed by atoms with van der Waals surface area (Å²) in [4.78, 5) is 10.9. The van der Waals surface area contributed by atoms with E-state index in [0.717, 1.165) is 19.1 Å². The lowest BCUT2D eigenvalue weighted by Crippen LogP contribution is -2.09. The Morgan fingerprint density at radius 2 is 1.36 bits per heavy atom. The van der Waals surface area contributed by atoms with Crippen LogP contribution in [-0.4, -0.2) is 6.29 Å². The quantitative estimate of drug-likeness (QED) is 0.183. The van der Waals surface area contributed by atoms with Crippen LogP contribution in [-0.2, 0) is 4.79 Å². The fourth-order valence-electron chi connectivity index (χ4n) is 2.57. The number of unbranched alkanes of at least 4 members (excludes halogenated alkanes) is 7. The molecule has 0 amide bonds. The summed E-state index contributed by atoms with van der Waals surface area (Å²) in [7, 11) is 0. The zero-order valence-electron chi connectivity index (χ0n) is 15.2. The first-order valence-corrected chi connectivity index (χ1v) is 9.47. The van der Waals surface area contributed by atoms with Gasteiger partial charge < -0.3 is 4.79 Å². The van der Waals surface area contributed by atoms with E-state index in [0.29, 0.717) is 5.92 Å². The van der Waals surface area contributed by atoms with Gasteiger partial charge in [0.1, 0.15) is 6.29 Å². The normalized spacial score (nSPS) is 13.5. The highest BCUT2D eigenvalue weighted by Gasteiger charge is 2.10. The molecule has 0 aliphatic heterocycles. The average Bonchev–Trinajstić information content (AvgIpc) is 2.51. The van der Waals surface area contributed by atoms with Crippen molar-refractivity contribution in [3.8, 4) is 0 Å². The van der Waals surface area contributed by atoms with Crippen LogP contribution in [0.2, 0.25) is 0 Å². The maximum atomic E-state index is 10.9.